The van der Waals surface area contributed by atoms with E-state index in [-0.39, 0.29) is 11.8 Å². The summed E-state index contributed by atoms with van der Waals surface area (Å²) in [5.41, 5.74) is 1.03. The zero-order valence-electron chi connectivity index (χ0n) is 12.3. The number of alkyl halides is 2. The van der Waals surface area contributed by atoms with Gasteiger partial charge in [-0.25, -0.2) is 0 Å². The molecule has 0 saturated carbocycles. The van der Waals surface area contributed by atoms with Crippen LogP contribution in [0.2, 0.25) is 0 Å². The highest BCUT2D eigenvalue weighted by Crippen LogP contribution is 2.29. The summed E-state index contributed by atoms with van der Waals surface area (Å²) in [6.45, 7) is 1.45. The Morgan fingerprint density at radius 1 is 1.24 bits per heavy atom. The quantitative estimate of drug-likeness (QED) is 0.923. The SMILES string of the molecule is CC(c1cccc(OC(F)F)c1)N1CCC2CCC(C1)N2. The van der Waals surface area contributed by atoms with Crippen LogP contribution in [0.1, 0.15) is 37.8 Å². The Morgan fingerprint density at radius 3 is 2.86 bits per heavy atom. The van der Waals surface area contributed by atoms with Gasteiger partial charge in [0, 0.05) is 31.2 Å². The minimum Gasteiger partial charge on any atom is -0.435 e. The van der Waals surface area contributed by atoms with E-state index in [0.717, 1.165) is 25.1 Å². The van der Waals surface area contributed by atoms with Crippen LogP contribution in [0, 0.1) is 0 Å². The van der Waals surface area contributed by atoms with Gasteiger partial charge in [0.1, 0.15) is 5.75 Å². The normalized spacial score (nSPS) is 27.6. The smallest absolute Gasteiger partial charge is 0.387 e. The minimum absolute atomic E-state index is 0.215. The summed E-state index contributed by atoms with van der Waals surface area (Å²) in [6, 6.07) is 8.51. The number of rotatable bonds is 4. The first-order valence-corrected chi connectivity index (χ1v) is 7.66. The second-order valence-corrected chi connectivity index (χ2v) is 6.05. The molecule has 2 aliphatic rings. The number of ether oxygens (including phenoxy) is 1. The standard InChI is InChI=1S/C16H22F2N2O/c1-11(12-3-2-4-15(9-12)21-16(17)18)20-8-7-13-5-6-14(10-20)19-13/h2-4,9,11,13-14,16,19H,5-8,10H2,1H3. The van der Waals surface area contributed by atoms with Gasteiger partial charge in [-0.1, -0.05) is 12.1 Å². The van der Waals surface area contributed by atoms with E-state index >= 15 is 0 Å². The molecule has 0 aliphatic carbocycles. The van der Waals surface area contributed by atoms with Crippen LogP contribution in [0.15, 0.2) is 24.3 Å². The first kappa shape index (κ1) is 14.7. The van der Waals surface area contributed by atoms with Crippen LogP contribution in [-0.4, -0.2) is 36.7 Å². The van der Waals surface area contributed by atoms with Crippen molar-refractivity contribution in [2.24, 2.45) is 0 Å². The highest BCUT2D eigenvalue weighted by atomic mass is 19.3. The van der Waals surface area contributed by atoms with Gasteiger partial charge in [-0.3, -0.25) is 4.90 Å². The third kappa shape index (κ3) is 3.52. The van der Waals surface area contributed by atoms with Crippen LogP contribution in [0.4, 0.5) is 8.78 Å². The topological polar surface area (TPSA) is 24.5 Å². The Kier molecular flexibility index (Phi) is 4.40. The molecule has 1 N–H and O–H groups in total. The predicted molar refractivity (Wildman–Crippen MR) is 77.6 cm³/mol. The summed E-state index contributed by atoms with van der Waals surface area (Å²) in [4.78, 5) is 2.44. The van der Waals surface area contributed by atoms with Crippen LogP contribution in [0.25, 0.3) is 0 Å². The van der Waals surface area contributed by atoms with Gasteiger partial charge in [-0.15, -0.1) is 0 Å². The lowest BCUT2D eigenvalue weighted by atomic mass is 10.0. The van der Waals surface area contributed by atoms with E-state index in [1.54, 1.807) is 18.2 Å². The zero-order valence-corrected chi connectivity index (χ0v) is 12.3. The molecule has 0 spiro atoms. The first-order chi connectivity index (χ1) is 10.1. The number of fused-ring (bicyclic) bond motifs is 2. The van der Waals surface area contributed by atoms with E-state index in [0.29, 0.717) is 12.1 Å². The molecular formula is C16H22F2N2O. The van der Waals surface area contributed by atoms with Gasteiger partial charge in [0.05, 0.1) is 0 Å². The molecule has 2 fully saturated rings. The first-order valence-electron chi connectivity index (χ1n) is 7.66. The van der Waals surface area contributed by atoms with E-state index in [4.69, 9.17) is 0 Å². The number of hydrogen-bond donors (Lipinski definition) is 1. The van der Waals surface area contributed by atoms with Crippen molar-refractivity contribution in [3.63, 3.8) is 0 Å². The van der Waals surface area contributed by atoms with E-state index in [1.165, 1.54) is 12.8 Å². The summed E-state index contributed by atoms with van der Waals surface area (Å²) in [5.74, 6) is 0.240. The molecule has 2 aliphatic heterocycles. The summed E-state index contributed by atoms with van der Waals surface area (Å²) in [6.07, 6.45) is 3.68. The molecular weight excluding hydrogens is 274 g/mol. The monoisotopic (exact) mass is 296 g/mol. The second kappa shape index (κ2) is 6.28. The van der Waals surface area contributed by atoms with E-state index in [1.807, 2.05) is 6.07 Å². The number of nitrogens with zero attached hydrogens (tertiary/aromatic N) is 1. The van der Waals surface area contributed by atoms with Crippen molar-refractivity contribution in [2.75, 3.05) is 13.1 Å². The summed E-state index contributed by atoms with van der Waals surface area (Å²) < 4.78 is 29.1. The van der Waals surface area contributed by atoms with Gasteiger partial charge in [-0.2, -0.15) is 8.78 Å². The van der Waals surface area contributed by atoms with Gasteiger partial charge >= 0.3 is 6.61 Å². The lowest BCUT2D eigenvalue weighted by Crippen LogP contribution is -2.36. The lowest BCUT2D eigenvalue weighted by Gasteiger charge is -2.30. The molecule has 3 nitrogen and oxygen atoms in total. The molecule has 2 heterocycles. The van der Waals surface area contributed by atoms with Crippen molar-refractivity contribution >= 4 is 0 Å². The largest absolute Gasteiger partial charge is 0.435 e. The highest BCUT2D eigenvalue weighted by molar-refractivity contribution is 5.30. The predicted octanol–water partition coefficient (Wildman–Crippen LogP) is 3.18. The fraction of sp³-hybridized carbons (Fsp3) is 0.625. The molecule has 3 rings (SSSR count). The summed E-state index contributed by atoms with van der Waals surface area (Å²) in [5, 5.41) is 3.66. The average molecular weight is 296 g/mol. The minimum atomic E-state index is -2.77. The van der Waals surface area contributed by atoms with Crippen LogP contribution in [-0.2, 0) is 0 Å². The van der Waals surface area contributed by atoms with Crippen molar-refractivity contribution in [3.05, 3.63) is 29.8 Å². The maximum absolute atomic E-state index is 12.3. The molecule has 2 saturated heterocycles. The van der Waals surface area contributed by atoms with E-state index < -0.39 is 6.61 Å². The molecule has 1 aromatic carbocycles. The molecule has 116 valence electrons. The van der Waals surface area contributed by atoms with Gasteiger partial charge in [0.15, 0.2) is 0 Å². The fourth-order valence-electron chi connectivity index (χ4n) is 3.48. The third-order valence-electron chi connectivity index (χ3n) is 4.67. The van der Waals surface area contributed by atoms with Gasteiger partial charge in [0.2, 0.25) is 0 Å². The molecule has 2 bridgehead atoms. The van der Waals surface area contributed by atoms with Gasteiger partial charge < -0.3 is 10.1 Å². The van der Waals surface area contributed by atoms with Crippen LogP contribution in [0.3, 0.4) is 0 Å². The lowest BCUT2D eigenvalue weighted by molar-refractivity contribution is -0.0499. The van der Waals surface area contributed by atoms with Crippen molar-refractivity contribution in [3.8, 4) is 5.75 Å². The highest BCUT2D eigenvalue weighted by Gasteiger charge is 2.31. The zero-order chi connectivity index (χ0) is 14.8. The van der Waals surface area contributed by atoms with E-state index in [9.17, 15) is 8.78 Å². The Balaban J connectivity index is 1.70. The van der Waals surface area contributed by atoms with Crippen molar-refractivity contribution in [1.29, 1.82) is 0 Å². The Bertz CT molecular complexity index is 483. The Hall–Kier alpha value is -1.20. The molecule has 3 atom stereocenters. The number of halogens is 2. The number of benzene rings is 1. The molecule has 0 radical (unpaired) electrons. The van der Waals surface area contributed by atoms with Crippen LogP contribution in [0.5, 0.6) is 5.75 Å². The molecule has 21 heavy (non-hydrogen) atoms. The third-order valence-corrected chi connectivity index (χ3v) is 4.67. The van der Waals surface area contributed by atoms with Crippen LogP contribution >= 0.6 is 0 Å². The van der Waals surface area contributed by atoms with Crippen molar-refractivity contribution in [2.45, 2.75) is 50.9 Å². The molecule has 0 amide bonds. The molecule has 3 unspecified atom stereocenters. The number of hydrogen-bond acceptors (Lipinski definition) is 3. The molecule has 1 aromatic rings. The Morgan fingerprint density at radius 2 is 2.05 bits per heavy atom. The van der Waals surface area contributed by atoms with Crippen molar-refractivity contribution in [1.82, 2.24) is 10.2 Å². The Labute approximate surface area is 124 Å². The average Bonchev–Trinajstić information content (AvgIpc) is 2.77. The summed E-state index contributed by atoms with van der Waals surface area (Å²) in [7, 11) is 0. The molecule has 5 heteroatoms. The maximum atomic E-state index is 12.3. The number of likely N-dealkylation sites (tertiary alicyclic amines) is 1. The maximum Gasteiger partial charge on any atom is 0.387 e. The van der Waals surface area contributed by atoms with Crippen molar-refractivity contribution < 1.29 is 13.5 Å². The van der Waals surface area contributed by atoms with Crippen LogP contribution < -0.4 is 10.1 Å². The fourth-order valence-corrected chi connectivity index (χ4v) is 3.48. The van der Waals surface area contributed by atoms with Gasteiger partial charge in [-0.05, 0) is 43.9 Å². The second-order valence-electron chi connectivity index (χ2n) is 6.05. The summed E-state index contributed by atoms with van der Waals surface area (Å²) >= 11 is 0. The number of nitrogens with one attached hydrogen (secondary N) is 1. The van der Waals surface area contributed by atoms with Gasteiger partial charge in [0.25, 0.3) is 0 Å². The van der Waals surface area contributed by atoms with E-state index in [2.05, 4.69) is 21.9 Å². The molecule has 0 aromatic heterocycles.